The molecule has 0 spiro atoms. The van der Waals surface area contributed by atoms with Gasteiger partial charge in [-0.2, -0.15) is 0 Å². The van der Waals surface area contributed by atoms with Gasteiger partial charge in [0.25, 0.3) is 0 Å². The SMILES string of the molecule is CCCNC1=C(Cc2cccnc2)CN(C)C1. The smallest absolute Gasteiger partial charge is 0.0382 e. The van der Waals surface area contributed by atoms with Crippen LogP contribution >= 0.6 is 0 Å². The van der Waals surface area contributed by atoms with E-state index >= 15 is 0 Å². The number of hydrogen-bond acceptors (Lipinski definition) is 3. The minimum absolute atomic E-state index is 1.02. The first kappa shape index (κ1) is 12.1. The Bertz CT molecular complexity index is 384. The van der Waals surface area contributed by atoms with Gasteiger partial charge in [0.2, 0.25) is 0 Å². The van der Waals surface area contributed by atoms with E-state index in [-0.39, 0.29) is 0 Å². The van der Waals surface area contributed by atoms with Gasteiger partial charge in [-0.1, -0.05) is 13.0 Å². The molecule has 0 amide bonds. The maximum Gasteiger partial charge on any atom is 0.0382 e. The van der Waals surface area contributed by atoms with E-state index < -0.39 is 0 Å². The summed E-state index contributed by atoms with van der Waals surface area (Å²) in [5.74, 6) is 0. The molecule has 0 bridgehead atoms. The first-order valence-corrected chi connectivity index (χ1v) is 6.31. The third-order valence-corrected chi connectivity index (χ3v) is 3.04. The Morgan fingerprint density at radius 2 is 2.29 bits per heavy atom. The molecule has 92 valence electrons. The summed E-state index contributed by atoms with van der Waals surface area (Å²) in [5, 5.41) is 3.55. The average molecular weight is 231 g/mol. The van der Waals surface area contributed by atoms with Crippen molar-refractivity contribution in [3.05, 3.63) is 41.4 Å². The highest BCUT2D eigenvalue weighted by atomic mass is 15.1. The van der Waals surface area contributed by atoms with Crippen molar-refractivity contribution in [2.75, 3.05) is 26.7 Å². The van der Waals surface area contributed by atoms with Gasteiger partial charge in [-0.15, -0.1) is 0 Å². The van der Waals surface area contributed by atoms with Crippen molar-refractivity contribution in [3.8, 4) is 0 Å². The van der Waals surface area contributed by atoms with Gasteiger partial charge < -0.3 is 5.32 Å². The number of rotatable bonds is 5. The molecule has 0 saturated heterocycles. The number of likely N-dealkylation sites (N-methyl/N-ethyl adjacent to an activating group) is 1. The van der Waals surface area contributed by atoms with E-state index in [1.54, 1.807) is 0 Å². The molecule has 0 aliphatic carbocycles. The normalized spacial score (nSPS) is 16.6. The minimum atomic E-state index is 1.02. The Labute approximate surface area is 104 Å². The third-order valence-electron chi connectivity index (χ3n) is 3.04. The summed E-state index contributed by atoms with van der Waals surface area (Å²) >= 11 is 0. The molecule has 0 atom stereocenters. The lowest BCUT2D eigenvalue weighted by Gasteiger charge is -2.09. The molecular weight excluding hydrogens is 210 g/mol. The third kappa shape index (κ3) is 3.30. The summed E-state index contributed by atoms with van der Waals surface area (Å²) in [6, 6.07) is 4.16. The molecule has 1 N–H and O–H groups in total. The molecule has 1 aliphatic rings. The second-order valence-corrected chi connectivity index (χ2v) is 4.72. The first-order valence-electron chi connectivity index (χ1n) is 6.31. The number of aromatic nitrogens is 1. The Morgan fingerprint density at radius 3 is 3.00 bits per heavy atom. The minimum Gasteiger partial charge on any atom is -0.387 e. The standard InChI is InChI=1S/C14H21N3/c1-3-6-16-14-11-17(2)10-13(14)8-12-5-4-7-15-9-12/h4-5,7,9,16H,3,6,8,10-11H2,1-2H3. The number of nitrogens with zero attached hydrogens (tertiary/aromatic N) is 2. The van der Waals surface area contributed by atoms with Crippen LogP contribution in [0.25, 0.3) is 0 Å². The van der Waals surface area contributed by atoms with E-state index in [1.165, 1.54) is 23.3 Å². The van der Waals surface area contributed by atoms with E-state index in [2.05, 4.69) is 35.2 Å². The van der Waals surface area contributed by atoms with Gasteiger partial charge in [0.1, 0.15) is 0 Å². The molecule has 3 nitrogen and oxygen atoms in total. The molecule has 17 heavy (non-hydrogen) atoms. The zero-order valence-corrected chi connectivity index (χ0v) is 10.7. The van der Waals surface area contributed by atoms with Crippen LogP contribution in [0.5, 0.6) is 0 Å². The van der Waals surface area contributed by atoms with Gasteiger partial charge in [0.05, 0.1) is 0 Å². The maximum atomic E-state index is 4.18. The zero-order valence-electron chi connectivity index (χ0n) is 10.7. The van der Waals surface area contributed by atoms with Crippen LogP contribution in [0.15, 0.2) is 35.8 Å². The van der Waals surface area contributed by atoms with Gasteiger partial charge in [-0.25, -0.2) is 0 Å². The average Bonchev–Trinajstić information content (AvgIpc) is 2.68. The van der Waals surface area contributed by atoms with Crippen LogP contribution in [0.2, 0.25) is 0 Å². The summed E-state index contributed by atoms with van der Waals surface area (Å²) in [6.45, 7) is 5.39. The predicted octanol–water partition coefficient (Wildman–Crippen LogP) is 1.82. The fourth-order valence-electron chi connectivity index (χ4n) is 2.23. The Hall–Kier alpha value is -1.35. The summed E-state index contributed by atoms with van der Waals surface area (Å²) in [7, 11) is 2.17. The summed E-state index contributed by atoms with van der Waals surface area (Å²) in [6.07, 6.45) is 5.98. The molecule has 1 aromatic heterocycles. The van der Waals surface area contributed by atoms with E-state index in [0.29, 0.717) is 0 Å². The monoisotopic (exact) mass is 231 g/mol. The van der Waals surface area contributed by atoms with Crippen LogP contribution in [-0.4, -0.2) is 36.6 Å². The van der Waals surface area contributed by atoms with Crippen molar-refractivity contribution < 1.29 is 0 Å². The quantitative estimate of drug-likeness (QED) is 0.838. The largest absolute Gasteiger partial charge is 0.387 e. The second kappa shape index (κ2) is 5.82. The van der Waals surface area contributed by atoms with E-state index in [1.807, 2.05) is 18.5 Å². The molecule has 0 fully saturated rings. The van der Waals surface area contributed by atoms with Crippen LogP contribution in [-0.2, 0) is 6.42 Å². The lowest BCUT2D eigenvalue weighted by molar-refractivity contribution is 0.417. The van der Waals surface area contributed by atoms with Crippen LogP contribution in [0, 0.1) is 0 Å². The first-order chi connectivity index (χ1) is 8.29. The Balaban J connectivity index is 2.05. The molecule has 0 unspecified atom stereocenters. The maximum absolute atomic E-state index is 4.18. The van der Waals surface area contributed by atoms with Gasteiger partial charge in [-0.05, 0) is 37.1 Å². The van der Waals surface area contributed by atoms with E-state index in [0.717, 1.165) is 26.1 Å². The molecule has 0 aromatic carbocycles. The summed E-state index contributed by atoms with van der Waals surface area (Å²) in [5.41, 5.74) is 4.22. The Kier molecular flexibility index (Phi) is 4.15. The second-order valence-electron chi connectivity index (χ2n) is 4.72. The van der Waals surface area contributed by atoms with Crippen LogP contribution in [0.3, 0.4) is 0 Å². The highest BCUT2D eigenvalue weighted by molar-refractivity contribution is 5.27. The van der Waals surface area contributed by atoms with E-state index in [9.17, 15) is 0 Å². The van der Waals surface area contributed by atoms with Crippen molar-refractivity contribution in [1.82, 2.24) is 15.2 Å². The lowest BCUT2D eigenvalue weighted by atomic mass is 10.1. The number of pyridine rings is 1. The van der Waals surface area contributed by atoms with Crippen molar-refractivity contribution in [2.24, 2.45) is 0 Å². The van der Waals surface area contributed by atoms with Crippen LogP contribution in [0.1, 0.15) is 18.9 Å². The van der Waals surface area contributed by atoms with Gasteiger partial charge in [0, 0.05) is 37.7 Å². The molecule has 0 saturated carbocycles. The van der Waals surface area contributed by atoms with Crippen LogP contribution < -0.4 is 5.32 Å². The Morgan fingerprint density at radius 1 is 1.41 bits per heavy atom. The summed E-state index contributed by atoms with van der Waals surface area (Å²) in [4.78, 5) is 6.53. The molecule has 1 aromatic rings. The molecule has 2 heterocycles. The zero-order chi connectivity index (χ0) is 12.1. The highest BCUT2D eigenvalue weighted by Crippen LogP contribution is 2.18. The lowest BCUT2D eigenvalue weighted by Crippen LogP contribution is -2.21. The molecular formula is C14H21N3. The highest BCUT2D eigenvalue weighted by Gasteiger charge is 2.18. The molecule has 0 radical (unpaired) electrons. The van der Waals surface area contributed by atoms with E-state index in [4.69, 9.17) is 0 Å². The fourth-order valence-corrected chi connectivity index (χ4v) is 2.23. The topological polar surface area (TPSA) is 28.2 Å². The van der Waals surface area contributed by atoms with Crippen molar-refractivity contribution in [3.63, 3.8) is 0 Å². The van der Waals surface area contributed by atoms with Crippen LogP contribution in [0.4, 0.5) is 0 Å². The number of nitrogens with one attached hydrogen (secondary N) is 1. The van der Waals surface area contributed by atoms with Crippen molar-refractivity contribution >= 4 is 0 Å². The van der Waals surface area contributed by atoms with Gasteiger partial charge in [-0.3, -0.25) is 9.88 Å². The van der Waals surface area contributed by atoms with Gasteiger partial charge >= 0.3 is 0 Å². The summed E-state index contributed by atoms with van der Waals surface area (Å²) < 4.78 is 0. The molecule has 3 heteroatoms. The fraction of sp³-hybridized carbons (Fsp3) is 0.500. The van der Waals surface area contributed by atoms with Crippen molar-refractivity contribution in [2.45, 2.75) is 19.8 Å². The van der Waals surface area contributed by atoms with Crippen molar-refractivity contribution in [1.29, 1.82) is 0 Å². The number of hydrogen-bond donors (Lipinski definition) is 1. The van der Waals surface area contributed by atoms with Gasteiger partial charge in [0.15, 0.2) is 0 Å². The molecule has 1 aliphatic heterocycles. The predicted molar refractivity (Wildman–Crippen MR) is 70.8 cm³/mol. The molecule has 2 rings (SSSR count).